The van der Waals surface area contributed by atoms with Gasteiger partial charge in [-0.3, -0.25) is 4.79 Å². The molecule has 2 aromatic carbocycles. The van der Waals surface area contributed by atoms with E-state index in [0.29, 0.717) is 54.1 Å². The number of benzene rings is 2. The number of carboxylic acids is 2. The highest BCUT2D eigenvalue weighted by Crippen LogP contribution is 2.39. The molecule has 4 aliphatic heterocycles. The quantitative estimate of drug-likeness (QED) is 0.454. The number of hydrogen-bond acceptors (Lipinski definition) is 6. The summed E-state index contributed by atoms with van der Waals surface area (Å²) in [6.45, 7) is 5.07. The first-order valence-electron chi connectivity index (χ1n) is 12.3. The van der Waals surface area contributed by atoms with E-state index < -0.39 is 11.9 Å². The Morgan fingerprint density at radius 1 is 1.03 bits per heavy atom. The third kappa shape index (κ3) is 6.98. The summed E-state index contributed by atoms with van der Waals surface area (Å²) in [6.07, 6.45) is 3.42. The smallest absolute Gasteiger partial charge is 0.328 e. The number of nitrogens with one attached hydrogen (secondary N) is 1. The molecule has 0 radical (unpaired) electrons. The number of aliphatic carboxylic acids is 2. The number of carbonyl (C=O) groups excluding carboxylic acids is 1. The van der Waals surface area contributed by atoms with Crippen molar-refractivity contribution < 1.29 is 29.3 Å². The molecule has 3 N–H and O–H groups in total. The second kappa shape index (κ2) is 12.5. The van der Waals surface area contributed by atoms with Gasteiger partial charge >= 0.3 is 11.9 Å². The van der Waals surface area contributed by atoms with Gasteiger partial charge in [0.1, 0.15) is 6.61 Å². The van der Waals surface area contributed by atoms with Crippen LogP contribution < -0.4 is 15.0 Å². The maximum Gasteiger partial charge on any atom is 0.328 e. The van der Waals surface area contributed by atoms with Gasteiger partial charge in [-0.1, -0.05) is 41.4 Å². The molecule has 6 rings (SSSR count). The number of ether oxygens (including phenoxy) is 1. The molecule has 0 aromatic heterocycles. The Morgan fingerprint density at radius 3 is 2.32 bits per heavy atom. The van der Waals surface area contributed by atoms with E-state index in [1.165, 1.54) is 0 Å². The van der Waals surface area contributed by atoms with Crippen molar-refractivity contribution in [3.05, 3.63) is 69.7 Å². The van der Waals surface area contributed by atoms with Crippen molar-refractivity contribution in [1.29, 1.82) is 0 Å². The fourth-order valence-electron chi connectivity index (χ4n) is 5.03. The Bertz CT molecular complexity index is 1210. The average molecular weight is 562 g/mol. The lowest BCUT2D eigenvalue weighted by Crippen LogP contribution is -2.57. The number of anilines is 1. The molecule has 4 aliphatic rings. The molecule has 1 amide bonds. The molecule has 2 bridgehead atoms. The molecule has 3 saturated heterocycles. The lowest BCUT2D eigenvalue weighted by atomic mass is 9.84. The maximum absolute atomic E-state index is 13.2. The van der Waals surface area contributed by atoms with Crippen LogP contribution in [0.15, 0.2) is 48.6 Å². The van der Waals surface area contributed by atoms with E-state index in [0.717, 1.165) is 48.7 Å². The summed E-state index contributed by atoms with van der Waals surface area (Å²) in [5, 5.41) is 20.1. The monoisotopic (exact) mass is 561 g/mol. The molecular weight excluding hydrogens is 533 g/mol. The molecular formula is C27H29Cl2N3O6. The molecule has 1 atom stereocenters. The number of rotatable bonds is 6. The van der Waals surface area contributed by atoms with E-state index in [4.69, 9.17) is 38.2 Å². The standard InChI is InChI=1S/C23H25Cl2N3O2.C4H4O4/c24-17-11-18(23(29)26-20-14-27-7-5-15(20)6-8-27)22-21(12-17)28(9-10-30-22)13-16-3-1-2-4-19(16)25;5-3(6)1-2-4(7)8/h1-4,11-12,15,20H,5-10,13-14H2,(H,26,29);1-2H,(H,5,6)(H,7,8)/b;2-1+. The van der Waals surface area contributed by atoms with Gasteiger partial charge in [-0.2, -0.15) is 0 Å². The number of carboxylic acid groups (broad SMARTS) is 2. The topological polar surface area (TPSA) is 119 Å². The van der Waals surface area contributed by atoms with Gasteiger partial charge in [0.25, 0.3) is 5.91 Å². The van der Waals surface area contributed by atoms with Gasteiger partial charge in [0, 0.05) is 41.3 Å². The van der Waals surface area contributed by atoms with E-state index in [2.05, 4.69) is 15.1 Å². The first-order valence-corrected chi connectivity index (χ1v) is 13.1. The first kappa shape index (κ1) is 27.8. The number of piperidine rings is 3. The SMILES string of the molecule is O=C(NC1CN2CCC1CC2)c1cc(Cl)cc2c1OCCN2Cc1ccccc1Cl.O=C(O)/C=C/C(=O)O. The molecule has 0 spiro atoms. The molecule has 1 unspecified atom stereocenters. The van der Waals surface area contributed by atoms with Gasteiger partial charge in [-0.05, 0) is 55.6 Å². The van der Waals surface area contributed by atoms with Gasteiger partial charge in [0.2, 0.25) is 0 Å². The molecule has 0 aliphatic carbocycles. The van der Waals surface area contributed by atoms with E-state index >= 15 is 0 Å². The summed E-state index contributed by atoms with van der Waals surface area (Å²) >= 11 is 12.8. The van der Waals surface area contributed by atoms with Gasteiger partial charge < -0.3 is 30.1 Å². The molecule has 202 valence electrons. The van der Waals surface area contributed by atoms with Crippen molar-refractivity contribution in [3.8, 4) is 5.75 Å². The lowest BCUT2D eigenvalue weighted by molar-refractivity contribution is -0.134. The number of halogens is 2. The summed E-state index contributed by atoms with van der Waals surface area (Å²) in [6, 6.07) is 11.6. The number of amides is 1. The fraction of sp³-hybridized carbons (Fsp3) is 0.370. The summed E-state index contributed by atoms with van der Waals surface area (Å²) in [5.41, 5.74) is 2.39. The highest BCUT2D eigenvalue weighted by molar-refractivity contribution is 6.32. The first-order chi connectivity index (χ1) is 18.2. The summed E-state index contributed by atoms with van der Waals surface area (Å²) < 4.78 is 5.98. The highest BCUT2D eigenvalue weighted by atomic mass is 35.5. The Labute approximate surface area is 230 Å². The predicted molar refractivity (Wildman–Crippen MR) is 144 cm³/mol. The molecule has 3 fully saturated rings. The van der Waals surface area contributed by atoms with Crippen molar-refractivity contribution in [2.24, 2.45) is 5.92 Å². The van der Waals surface area contributed by atoms with Crippen LogP contribution in [-0.4, -0.2) is 71.8 Å². The van der Waals surface area contributed by atoms with Crippen molar-refractivity contribution in [3.63, 3.8) is 0 Å². The van der Waals surface area contributed by atoms with E-state index in [1.54, 1.807) is 6.07 Å². The molecule has 2 aromatic rings. The summed E-state index contributed by atoms with van der Waals surface area (Å²) in [4.78, 5) is 36.9. The third-order valence-corrected chi connectivity index (χ3v) is 7.47. The van der Waals surface area contributed by atoms with Crippen LogP contribution in [0.1, 0.15) is 28.8 Å². The minimum atomic E-state index is -1.26. The van der Waals surface area contributed by atoms with E-state index in [9.17, 15) is 14.4 Å². The fourth-order valence-corrected chi connectivity index (χ4v) is 5.43. The van der Waals surface area contributed by atoms with Crippen molar-refractivity contribution >= 4 is 46.7 Å². The molecule has 11 heteroatoms. The van der Waals surface area contributed by atoms with Gasteiger partial charge in [-0.15, -0.1) is 0 Å². The maximum atomic E-state index is 13.2. The predicted octanol–water partition coefficient (Wildman–Crippen LogP) is 3.93. The van der Waals surface area contributed by atoms with Crippen LogP contribution in [0, 0.1) is 5.92 Å². The van der Waals surface area contributed by atoms with Crippen LogP contribution in [0.2, 0.25) is 10.0 Å². The van der Waals surface area contributed by atoms with Crippen molar-refractivity contribution in [1.82, 2.24) is 10.2 Å². The number of fused-ring (bicyclic) bond motifs is 4. The lowest BCUT2D eigenvalue weighted by Gasteiger charge is -2.45. The highest BCUT2D eigenvalue weighted by Gasteiger charge is 2.36. The average Bonchev–Trinajstić information content (AvgIpc) is 2.90. The molecule has 4 heterocycles. The molecule has 0 saturated carbocycles. The van der Waals surface area contributed by atoms with Crippen molar-refractivity contribution in [2.45, 2.75) is 25.4 Å². The normalized spacial score (nSPS) is 21.6. The van der Waals surface area contributed by atoms with Crippen LogP contribution in [0.4, 0.5) is 5.69 Å². The van der Waals surface area contributed by atoms with Crippen LogP contribution in [0.5, 0.6) is 5.75 Å². The number of carbonyl (C=O) groups is 3. The zero-order valence-corrected chi connectivity index (χ0v) is 22.1. The molecule has 38 heavy (non-hydrogen) atoms. The number of hydrogen-bond donors (Lipinski definition) is 3. The number of nitrogens with zero attached hydrogens (tertiary/aromatic N) is 2. The summed E-state index contributed by atoms with van der Waals surface area (Å²) in [5.74, 6) is -1.45. The van der Waals surface area contributed by atoms with Gasteiger partial charge in [0.05, 0.1) is 17.8 Å². The van der Waals surface area contributed by atoms with Gasteiger partial charge in [-0.25, -0.2) is 9.59 Å². The Morgan fingerprint density at radius 2 is 1.71 bits per heavy atom. The summed E-state index contributed by atoms with van der Waals surface area (Å²) in [7, 11) is 0. The zero-order valence-electron chi connectivity index (χ0n) is 20.6. The Hall–Kier alpha value is -3.27. The van der Waals surface area contributed by atoms with Crippen LogP contribution in [0.25, 0.3) is 0 Å². The van der Waals surface area contributed by atoms with Crippen LogP contribution >= 0.6 is 23.2 Å². The Balaban J connectivity index is 0.000000368. The largest absolute Gasteiger partial charge is 0.489 e. The van der Waals surface area contributed by atoms with Crippen LogP contribution in [-0.2, 0) is 16.1 Å². The zero-order chi connectivity index (χ0) is 27.2. The minimum Gasteiger partial charge on any atom is -0.489 e. The molecule has 9 nitrogen and oxygen atoms in total. The van der Waals surface area contributed by atoms with E-state index in [-0.39, 0.29) is 11.9 Å². The van der Waals surface area contributed by atoms with E-state index in [1.807, 2.05) is 30.3 Å². The van der Waals surface area contributed by atoms with Gasteiger partial charge in [0.15, 0.2) is 5.75 Å². The Kier molecular flexibility index (Phi) is 9.14. The van der Waals surface area contributed by atoms with Crippen molar-refractivity contribution in [2.75, 3.05) is 37.7 Å². The second-order valence-corrected chi connectivity index (χ2v) is 10.2. The minimum absolute atomic E-state index is 0.105. The third-order valence-electron chi connectivity index (χ3n) is 6.89. The second-order valence-electron chi connectivity index (χ2n) is 9.39. The van der Waals surface area contributed by atoms with Crippen LogP contribution in [0.3, 0.4) is 0 Å².